The van der Waals surface area contributed by atoms with Crippen LogP contribution in [0, 0.1) is 40.9 Å². The lowest BCUT2D eigenvalue weighted by atomic mass is 9.43. The highest BCUT2D eigenvalue weighted by atomic mass is 19.4. The van der Waals surface area contributed by atoms with Gasteiger partial charge in [-0.2, -0.15) is 26.3 Å². The largest absolute Gasteiger partial charge is 0.427 e. The number of ether oxygens (including phenoxy) is 4. The minimum atomic E-state index is -5.67. The van der Waals surface area contributed by atoms with Crippen LogP contribution in [0.5, 0.6) is 0 Å². The maximum absolute atomic E-state index is 15.0. The third-order valence-corrected chi connectivity index (χ3v) is 10.9. The van der Waals surface area contributed by atoms with Gasteiger partial charge in [-0.15, -0.1) is 0 Å². The zero-order valence-corrected chi connectivity index (χ0v) is 25.3. The number of hydrogen-bond donors (Lipinski definition) is 0. The van der Waals surface area contributed by atoms with E-state index in [9.17, 15) is 26.3 Å². The minimum absolute atomic E-state index is 0.00505. The fraction of sp³-hybridized carbons (Fsp3) is 1.00. The van der Waals surface area contributed by atoms with Crippen molar-refractivity contribution in [1.29, 1.82) is 0 Å². The van der Waals surface area contributed by atoms with Gasteiger partial charge in [-0.1, -0.05) is 34.1 Å². The van der Waals surface area contributed by atoms with E-state index in [2.05, 4.69) is 20.8 Å². The Kier molecular flexibility index (Phi) is 10.1. The summed E-state index contributed by atoms with van der Waals surface area (Å²) < 4.78 is 112. The van der Waals surface area contributed by atoms with Crippen LogP contribution in [0.1, 0.15) is 98.8 Å². The topological polar surface area (TPSA) is 36.9 Å². The molecule has 6 atom stereocenters. The fourth-order valence-corrected chi connectivity index (χ4v) is 9.38. The molecule has 5 aliphatic carbocycles. The Morgan fingerprint density at radius 2 is 1.49 bits per heavy atom. The summed E-state index contributed by atoms with van der Waals surface area (Å²) in [6.45, 7) is 9.68. The first-order valence-electron chi connectivity index (χ1n) is 15.7. The van der Waals surface area contributed by atoms with Gasteiger partial charge < -0.3 is 18.9 Å². The van der Waals surface area contributed by atoms with E-state index in [1.54, 1.807) is 0 Å². The molecule has 41 heavy (non-hydrogen) atoms. The SMILES string of the molecule is CCC(C)OCCOC12CC3CC(C1)CC(C(OCOCC1CC(C)CCC1C(C)C)(C(F)(F)F)C(F)(F)F)(C3)C2. The first kappa shape index (κ1) is 33.3. The monoisotopic (exact) mass is 600 g/mol. The predicted molar refractivity (Wildman–Crippen MR) is 143 cm³/mol. The van der Waals surface area contributed by atoms with Gasteiger partial charge in [0.2, 0.25) is 0 Å². The maximum Gasteiger partial charge on any atom is 0.427 e. The molecule has 0 radical (unpaired) electrons. The van der Waals surface area contributed by atoms with Crippen molar-refractivity contribution in [3.05, 3.63) is 0 Å². The van der Waals surface area contributed by atoms with Crippen LogP contribution in [0.3, 0.4) is 0 Å². The average molecular weight is 601 g/mol. The fourth-order valence-electron chi connectivity index (χ4n) is 9.38. The number of hydrogen-bond acceptors (Lipinski definition) is 4. The molecule has 0 aromatic carbocycles. The van der Waals surface area contributed by atoms with Crippen molar-refractivity contribution in [2.45, 2.75) is 128 Å². The van der Waals surface area contributed by atoms with E-state index in [1.165, 1.54) is 0 Å². The average Bonchev–Trinajstić information content (AvgIpc) is 2.83. The lowest BCUT2D eigenvalue weighted by Gasteiger charge is -2.66. The third-order valence-electron chi connectivity index (χ3n) is 10.9. The number of rotatable bonds is 13. The Labute approximate surface area is 241 Å². The van der Waals surface area contributed by atoms with Crippen LogP contribution < -0.4 is 0 Å². The molecule has 0 heterocycles. The van der Waals surface area contributed by atoms with Crippen LogP contribution in [0.15, 0.2) is 0 Å². The van der Waals surface area contributed by atoms with Crippen LogP contribution in [0.4, 0.5) is 26.3 Å². The molecular weight excluding hydrogens is 550 g/mol. The second kappa shape index (κ2) is 12.4. The molecule has 240 valence electrons. The maximum atomic E-state index is 15.0. The molecule has 4 bridgehead atoms. The quantitative estimate of drug-likeness (QED) is 0.120. The Hall–Kier alpha value is -0.580. The normalized spacial score (nSPS) is 36.7. The van der Waals surface area contributed by atoms with Crippen LogP contribution in [-0.2, 0) is 18.9 Å². The molecule has 5 saturated carbocycles. The highest BCUT2D eigenvalue weighted by molar-refractivity contribution is 5.20. The van der Waals surface area contributed by atoms with E-state index in [1.807, 2.05) is 13.8 Å². The summed E-state index contributed by atoms with van der Waals surface area (Å²) in [4.78, 5) is 0. The van der Waals surface area contributed by atoms with Crippen molar-refractivity contribution in [2.75, 3.05) is 26.6 Å². The Morgan fingerprint density at radius 3 is 2.05 bits per heavy atom. The number of halogens is 6. The van der Waals surface area contributed by atoms with Crippen molar-refractivity contribution >= 4 is 0 Å². The summed E-state index contributed by atoms with van der Waals surface area (Å²) in [5, 5.41) is 0. The highest BCUT2D eigenvalue weighted by Gasteiger charge is 2.83. The summed E-state index contributed by atoms with van der Waals surface area (Å²) in [5.74, 6) is 0.683. The van der Waals surface area contributed by atoms with Gasteiger partial charge in [-0.05, 0) is 100 Å². The van der Waals surface area contributed by atoms with Gasteiger partial charge in [0.15, 0.2) is 0 Å². The van der Waals surface area contributed by atoms with Gasteiger partial charge in [-0.25, -0.2) is 0 Å². The van der Waals surface area contributed by atoms with Gasteiger partial charge in [0.1, 0.15) is 6.79 Å². The Balaban J connectivity index is 1.55. The minimum Gasteiger partial charge on any atom is -0.376 e. The highest BCUT2D eigenvalue weighted by Crippen LogP contribution is 2.71. The van der Waals surface area contributed by atoms with Crippen LogP contribution in [0.25, 0.3) is 0 Å². The van der Waals surface area contributed by atoms with Crippen LogP contribution in [-0.4, -0.2) is 56.3 Å². The standard InChI is InChI=1S/C31H50F6O4/c1-6-22(5)39-9-10-40-28-15-23-12-24(16-28)14-27(13-23,18-28)29(30(32,33)34,31(35,36)37)41-19-38-17-25-11-21(4)7-8-26(25)20(2)3/h20-26H,6-19H2,1-5H3. The van der Waals surface area contributed by atoms with Crippen molar-refractivity contribution in [2.24, 2.45) is 40.9 Å². The van der Waals surface area contributed by atoms with E-state index >= 15 is 0 Å². The zero-order valence-electron chi connectivity index (χ0n) is 25.3. The van der Waals surface area contributed by atoms with E-state index < -0.39 is 35.8 Å². The summed E-state index contributed by atoms with van der Waals surface area (Å²) in [5.41, 5.74) is -7.50. The summed E-state index contributed by atoms with van der Waals surface area (Å²) >= 11 is 0. The molecular formula is C31H50F6O4. The lowest BCUT2D eigenvalue weighted by molar-refractivity contribution is -0.444. The molecule has 0 saturated heterocycles. The van der Waals surface area contributed by atoms with Crippen molar-refractivity contribution < 1.29 is 45.3 Å². The molecule has 0 aromatic rings. The molecule has 5 rings (SSSR count). The summed E-state index contributed by atoms with van der Waals surface area (Å²) in [6, 6.07) is 0. The van der Waals surface area contributed by atoms with Gasteiger partial charge in [0.25, 0.3) is 5.60 Å². The molecule has 0 amide bonds. The molecule has 10 heteroatoms. The summed E-state index contributed by atoms with van der Waals surface area (Å²) in [6.07, 6.45) is -6.71. The molecule has 5 aliphatic rings. The predicted octanol–water partition coefficient (Wildman–Crippen LogP) is 8.72. The van der Waals surface area contributed by atoms with Crippen molar-refractivity contribution in [3.8, 4) is 0 Å². The molecule has 6 unspecified atom stereocenters. The molecule has 4 nitrogen and oxygen atoms in total. The van der Waals surface area contributed by atoms with Gasteiger partial charge in [0.05, 0.1) is 31.5 Å². The third kappa shape index (κ3) is 6.60. The van der Waals surface area contributed by atoms with Gasteiger partial charge in [-0.3, -0.25) is 0 Å². The second-order valence-corrected chi connectivity index (χ2v) is 14.3. The van der Waals surface area contributed by atoms with Crippen molar-refractivity contribution in [3.63, 3.8) is 0 Å². The first-order chi connectivity index (χ1) is 19.1. The summed E-state index contributed by atoms with van der Waals surface area (Å²) in [7, 11) is 0. The van der Waals surface area contributed by atoms with Crippen LogP contribution >= 0.6 is 0 Å². The molecule has 0 spiro atoms. The smallest absolute Gasteiger partial charge is 0.376 e. The molecule has 0 aromatic heterocycles. The molecule has 5 fully saturated rings. The van der Waals surface area contributed by atoms with Gasteiger partial charge in [0, 0.05) is 5.41 Å². The van der Waals surface area contributed by atoms with E-state index in [-0.39, 0.29) is 62.9 Å². The zero-order chi connectivity index (χ0) is 30.3. The number of alkyl halides is 6. The van der Waals surface area contributed by atoms with E-state index in [4.69, 9.17) is 18.9 Å². The molecule has 0 aliphatic heterocycles. The first-order valence-corrected chi connectivity index (χ1v) is 15.7. The second-order valence-electron chi connectivity index (χ2n) is 14.3. The lowest BCUT2D eigenvalue weighted by Crippen LogP contribution is -2.74. The molecule has 0 N–H and O–H groups in total. The Morgan fingerprint density at radius 1 is 0.854 bits per heavy atom. The van der Waals surface area contributed by atoms with Crippen LogP contribution in [0.2, 0.25) is 0 Å². The van der Waals surface area contributed by atoms with E-state index in [0.29, 0.717) is 37.0 Å². The van der Waals surface area contributed by atoms with Crippen molar-refractivity contribution in [1.82, 2.24) is 0 Å². The van der Waals surface area contributed by atoms with Gasteiger partial charge >= 0.3 is 12.4 Å². The Bertz CT molecular complexity index is 831. The van der Waals surface area contributed by atoms with E-state index in [0.717, 1.165) is 25.7 Å².